The summed E-state index contributed by atoms with van der Waals surface area (Å²) >= 11 is 6.85. The highest BCUT2D eigenvalue weighted by Gasteiger charge is 2.05. The zero-order valence-corrected chi connectivity index (χ0v) is 22.9. The van der Waals surface area contributed by atoms with E-state index in [0.29, 0.717) is 0 Å². The van der Waals surface area contributed by atoms with Crippen LogP contribution in [0.25, 0.3) is 28.2 Å². The average molecular weight is 614 g/mol. The molecule has 0 bridgehead atoms. The second kappa shape index (κ2) is 11.9. The lowest BCUT2D eigenvalue weighted by molar-refractivity contribution is 0.650. The van der Waals surface area contributed by atoms with Crippen LogP contribution in [0.1, 0.15) is 5.56 Å². The number of nitrogens with zero attached hydrogens (tertiary/aromatic N) is 6. The third-order valence-corrected chi connectivity index (χ3v) is 6.58. The summed E-state index contributed by atoms with van der Waals surface area (Å²) in [5.41, 5.74) is 6.13. The predicted octanol–water partition coefficient (Wildman–Crippen LogP) is 7.45. The van der Waals surface area contributed by atoms with Crippen molar-refractivity contribution in [3.8, 4) is 28.2 Å². The monoisotopic (exact) mass is 612 g/mol. The van der Waals surface area contributed by atoms with Crippen molar-refractivity contribution in [2.75, 3.05) is 0 Å². The third kappa shape index (κ3) is 6.67. The maximum absolute atomic E-state index is 4.20. The summed E-state index contributed by atoms with van der Waals surface area (Å²) < 4.78 is 5.76. The molecule has 4 aromatic carbocycles. The number of aromatic nitrogens is 6. The van der Waals surface area contributed by atoms with E-state index in [9.17, 15) is 0 Å². The molecule has 0 unspecified atom stereocenters. The van der Waals surface area contributed by atoms with Gasteiger partial charge in [-0.2, -0.15) is 0 Å². The quantitative estimate of drug-likeness (QED) is 0.203. The molecule has 0 saturated carbocycles. The molecule has 2 heterocycles. The van der Waals surface area contributed by atoms with Crippen molar-refractivity contribution < 1.29 is 0 Å². The second-order valence-electron chi connectivity index (χ2n) is 8.18. The fourth-order valence-electron chi connectivity index (χ4n) is 3.62. The first-order valence-corrected chi connectivity index (χ1v) is 13.2. The van der Waals surface area contributed by atoms with Crippen LogP contribution in [0.3, 0.4) is 0 Å². The first-order chi connectivity index (χ1) is 18.1. The van der Waals surface area contributed by atoms with Gasteiger partial charge in [0.2, 0.25) is 0 Å². The van der Waals surface area contributed by atoms with E-state index in [1.165, 1.54) is 5.56 Å². The fourth-order valence-corrected chi connectivity index (χ4v) is 4.15. The first-order valence-electron chi connectivity index (χ1n) is 11.6. The summed E-state index contributed by atoms with van der Waals surface area (Å²) in [7, 11) is 0. The van der Waals surface area contributed by atoms with Crippen LogP contribution in [0.4, 0.5) is 0 Å². The van der Waals surface area contributed by atoms with Crippen LogP contribution in [0.15, 0.2) is 131 Å². The van der Waals surface area contributed by atoms with Gasteiger partial charge in [0.25, 0.3) is 0 Å². The number of halogens is 2. The molecule has 0 fully saturated rings. The fraction of sp³-hybridized carbons (Fsp3) is 0.0345. The van der Waals surface area contributed by atoms with Crippen molar-refractivity contribution in [1.82, 2.24) is 30.0 Å². The van der Waals surface area contributed by atoms with Gasteiger partial charge in [-0.1, -0.05) is 115 Å². The van der Waals surface area contributed by atoms with E-state index in [1.54, 1.807) is 4.68 Å². The molecule has 0 N–H and O–H groups in total. The smallest absolute Gasteiger partial charge is 0.113 e. The number of hydrogen-bond donors (Lipinski definition) is 0. The van der Waals surface area contributed by atoms with Crippen molar-refractivity contribution in [2.24, 2.45) is 0 Å². The highest BCUT2D eigenvalue weighted by atomic mass is 79.9. The zero-order valence-electron chi connectivity index (χ0n) is 19.7. The summed E-state index contributed by atoms with van der Waals surface area (Å²) in [5.74, 6) is 0. The maximum Gasteiger partial charge on any atom is 0.113 e. The Balaban J connectivity index is 0.000000152. The van der Waals surface area contributed by atoms with E-state index in [1.807, 2.05) is 114 Å². The molecule has 6 rings (SSSR count). The summed E-state index contributed by atoms with van der Waals surface area (Å²) in [6.45, 7) is 0.729. The Morgan fingerprint density at radius 1 is 0.541 bits per heavy atom. The highest BCUT2D eigenvalue weighted by molar-refractivity contribution is 9.10. The summed E-state index contributed by atoms with van der Waals surface area (Å²) in [6, 6.07) is 36.3. The highest BCUT2D eigenvalue weighted by Crippen LogP contribution is 2.19. The molecule has 0 aliphatic heterocycles. The Morgan fingerprint density at radius 3 is 1.65 bits per heavy atom. The lowest BCUT2D eigenvalue weighted by Gasteiger charge is -2.00. The normalized spacial score (nSPS) is 10.5. The van der Waals surface area contributed by atoms with Crippen molar-refractivity contribution in [1.29, 1.82) is 0 Å². The first kappa shape index (κ1) is 24.8. The zero-order chi connectivity index (χ0) is 25.5. The van der Waals surface area contributed by atoms with Crippen molar-refractivity contribution in [2.45, 2.75) is 6.54 Å². The Bertz CT molecular complexity index is 1540. The van der Waals surface area contributed by atoms with Gasteiger partial charge < -0.3 is 0 Å². The largest absolute Gasteiger partial charge is 0.247 e. The van der Waals surface area contributed by atoms with Crippen molar-refractivity contribution in [3.05, 3.63) is 136 Å². The molecule has 2 aromatic heterocycles. The third-order valence-electron chi connectivity index (χ3n) is 5.52. The molecule has 8 heteroatoms. The SMILES string of the molecule is Brc1ccc(-n2cc(-c3ccccc3)nn2)cc1.Brc1ccc(Cn2cc(-c3ccccc3)nn2)cc1. The van der Waals surface area contributed by atoms with E-state index in [0.717, 1.165) is 43.7 Å². The van der Waals surface area contributed by atoms with Crippen LogP contribution < -0.4 is 0 Å². The molecule has 0 spiro atoms. The van der Waals surface area contributed by atoms with Crippen LogP contribution in [0.2, 0.25) is 0 Å². The van der Waals surface area contributed by atoms with Crippen LogP contribution in [0.5, 0.6) is 0 Å². The average Bonchev–Trinajstić information content (AvgIpc) is 3.63. The molecular formula is C29H22Br2N6. The van der Waals surface area contributed by atoms with Crippen LogP contribution in [-0.2, 0) is 6.54 Å². The Labute approximate surface area is 231 Å². The molecule has 0 radical (unpaired) electrons. The summed E-state index contributed by atoms with van der Waals surface area (Å²) in [5, 5.41) is 16.7. The number of rotatable bonds is 5. The van der Waals surface area contributed by atoms with Crippen molar-refractivity contribution in [3.63, 3.8) is 0 Å². The van der Waals surface area contributed by atoms with E-state index >= 15 is 0 Å². The molecular weight excluding hydrogens is 592 g/mol. The lowest BCUT2D eigenvalue weighted by Crippen LogP contribution is -1.99. The van der Waals surface area contributed by atoms with Gasteiger partial charge in [0, 0.05) is 20.1 Å². The molecule has 0 amide bonds. The van der Waals surface area contributed by atoms with Gasteiger partial charge in [0.15, 0.2) is 0 Å². The lowest BCUT2D eigenvalue weighted by atomic mass is 10.2. The molecule has 0 aliphatic rings. The molecule has 182 valence electrons. The number of hydrogen-bond acceptors (Lipinski definition) is 4. The van der Waals surface area contributed by atoms with E-state index in [-0.39, 0.29) is 0 Å². The van der Waals surface area contributed by atoms with Gasteiger partial charge >= 0.3 is 0 Å². The minimum Gasteiger partial charge on any atom is -0.247 e. The van der Waals surface area contributed by atoms with Gasteiger partial charge in [0.1, 0.15) is 11.4 Å². The summed E-state index contributed by atoms with van der Waals surface area (Å²) in [6.07, 6.45) is 3.90. The Hall–Kier alpha value is -3.88. The maximum atomic E-state index is 4.20. The van der Waals surface area contributed by atoms with E-state index in [2.05, 4.69) is 64.6 Å². The molecule has 37 heavy (non-hydrogen) atoms. The predicted molar refractivity (Wildman–Crippen MR) is 153 cm³/mol. The van der Waals surface area contributed by atoms with Gasteiger partial charge in [0.05, 0.1) is 24.6 Å². The molecule has 0 saturated heterocycles. The topological polar surface area (TPSA) is 61.4 Å². The van der Waals surface area contributed by atoms with Gasteiger partial charge in [-0.15, -0.1) is 10.2 Å². The number of benzene rings is 4. The van der Waals surface area contributed by atoms with E-state index < -0.39 is 0 Å². The van der Waals surface area contributed by atoms with Crippen LogP contribution >= 0.6 is 31.9 Å². The molecule has 0 aliphatic carbocycles. The molecule has 6 nitrogen and oxygen atoms in total. The summed E-state index contributed by atoms with van der Waals surface area (Å²) in [4.78, 5) is 0. The van der Waals surface area contributed by atoms with E-state index in [4.69, 9.17) is 0 Å². The van der Waals surface area contributed by atoms with Crippen molar-refractivity contribution >= 4 is 31.9 Å². The Morgan fingerprint density at radius 2 is 1.05 bits per heavy atom. The van der Waals surface area contributed by atoms with Gasteiger partial charge in [-0.3, -0.25) is 0 Å². The molecule has 6 aromatic rings. The van der Waals surface area contributed by atoms with Crippen LogP contribution in [0, 0.1) is 0 Å². The standard InChI is InChI=1S/C15H12BrN3.C14H10BrN3/c16-14-8-6-12(7-9-14)10-19-11-15(17-18-19)13-4-2-1-3-5-13;15-12-6-8-13(9-7-12)18-10-14(16-17-18)11-4-2-1-3-5-11/h1-9,11H,10H2;1-10H. The van der Waals surface area contributed by atoms with Gasteiger partial charge in [-0.05, 0) is 42.0 Å². The Kier molecular flexibility index (Phi) is 7.98. The van der Waals surface area contributed by atoms with Crippen LogP contribution in [-0.4, -0.2) is 30.0 Å². The van der Waals surface area contributed by atoms with Gasteiger partial charge in [-0.25, -0.2) is 9.36 Å². The minimum absolute atomic E-state index is 0.729. The second-order valence-corrected chi connectivity index (χ2v) is 10.0. The minimum atomic E-state index is 0.729. The molecule has 0 atom stereocenters.